The third-order valence-corrected chi connectivity index (χ3v) is 3.34. The molecule has 116 valence electrons. The van der Waals surface area contributed by atoms with Crippen LogP contribution in [0.3, 0.4) is 0 Å². The molecule has 2 aromatic carbocycles. The molecule has 0 saturated heterocycles. The van der Waals surface area contributed by atoms with E-state index in [-0.39, 0.29) is 12.3 Å². The van der Waals surface area contributed by atoms with Crippen LogP contribution in [0.25, 0.3) is 5.69 Å². The lowest BCUT2D eigenvalue weighted by molar-refractivity contribution is 0.111. The zero-order valence-electron chi connectivity index (χ0n) is 12.5. The number of methoxy groups -OCH3 is 1. The van der Waals surface area contributed by atoms with E-state index in [1.807, 2.05) is 54.6 Å². The summed E-state index contributed by atoms with van der Waals surface area (Å²) < 4.78 is 12.4. The van der Waals surface area contributed by atoms with Crippen LogP contribution in [-0.2, 0) is 6.61 Å². The van der Waals surface area contributed by atoms with Gasteiger partial charge >= 0.3 is 0 Å². The normalized spacial score (nSPS) is 10.3. The van der Waals surface area contributed by atoms with Crippen molar-refractivity contribution >= 4 is 6.29 Å². The first-order chi connectivity index (χ1) is 11.3. The predicted octanol–water partition coefficient (Wildman–Crippen LogP) is 2.67. The average molecular weight is 309 g/mol. The Morgan fingerprint density at radius 3 is 2.43 bits per heavy atom. The predicted molar refractivity (Wildman–Crippen MR) is 84.1 cm³/mol. The second kappa shape index (κ2) is 6.74. The smallest absolute Gasteiger partial charge is 0.172 e. The maximum Gasteiger partial charge on any atom is 0.172 e. The number of nitrogens with zero attached hydrogens (tertiary/aromatic N) is 3. The van der Waals surface area contributed by atoms with Crippen molar-refractivity contribution in [3.63, 3.8) is 0 Å². The molecule has 23 heavy (non-hydrogen) atoms. The monoisotopic (exact) mass is 309 g/mol. The van der Waals surface area contributed by atoms with Gasteiger partial charge in [0.1, 0.15) is 23.8 Å². The molecular formula is C17H15N3O3. The third kappa shape index (κ3) is 3.21. The molecule has 0 fully saturated rings. The van der Waals surface area contributed by atoms with Gasteiger partial charge in [-0.25, -0.2) is 4.68 Å². The van der Waals surface area contributed by atoms with Gasteiger partial charge in [0.2, 0.25) is 0 Å². The Morgan fingerprint density at radius 2 is 1.78 bits per heavy atom. The highest BCUT2D eigenvalue weighted by Gasteiger charge is 2.14. The lowest BCUT2D eigenvalue weighted by Gasteiger charge is -2.09. The number of carbonyl (C=O) groups is 1. The fourth-order valence-corrected chi connectivity index (χ4v) is 2.14. The number of ether oxygens (including phenoxy) is 2. The highest BCUT2D eigenvalue weighted by atomic mass is 16.5. The highest BCUT2D eigenvalue weighted by Crippen LogP contribution is 2.18. The van der Waals surface area contributed by atoms with Crippen LogP contribution in [-0.4, -0.2) is 28.4 Å². The fourth-order valence-electron chi connectivity index (χ4n) is 2.14. The zero-order valence-corrected chi connectivity index (χ0v) is 12.5. The van der Waals surface area contributed by atoms with Crippen molar-refractivity contribution in [2.45, 2.75) is 6.61 Å². The lowest BCUT2D eigenvalue weighted by atomic mass is 10.2. The van der Waals surface area contributed by atoms with E-state index in [4.69, 9.17) is 9.47 Å². The Kier molecular flexibility index (Phi) is 4.33. The summed E-state index contributed by atoms with van der Waals surface area (Å²) in [6.07, 6.45) is 0.677. The summed E-state index contributed by atoms with van der Waals surface area (Å²) in [5, 5.41) is 7.94. The minimum Gasteiger partial charge on any atom is -0.497 e. The van der Waals surface area contributed by atoms with Crippen LogP contribution >= 0.6 is 0 Å². The molecule has 0 radical (unpaired) electrons. The van der Waals surface area contributed by atoms with Crippen LogP contribution in [0.2, 0.25) is 0 Å². The Bertz CT molecular complexity index is 783. The maximum atomic E-state index is 11.2. The molecule has 0 unspecified atom stereocenters. The van der Waals surface area contributed by atoms with Gasteiger partial charge in [0.25, 0.3) is 0 Å². The van der Waals surface area contributed by atoms with Crippen molar-refractivity contribution in [1.29, 1.82) is 0 Å². The molecule has 0 N–H and O–H groups in total. The van der Waals surface area contributed by atoms with Crippen molar-refractivity contribution < 1.29 is 14.3 Å². The fraction of sp³-hybridized carbons (Fsp3) is 0.118. The summed E-state index contributed by atoms with van der Waals surface area (Å²) >= 11 is 0. The second-order valence-electron chi connectivity index (χ2n) is 4.75. The van der Waals surface area contributed by atoms with Crippen LogP contribution in [0, 0.1) is 0 Å². The van der Waals surface area contributed by atoms with Crippen molar-refractivity contribution in [3.8, 4) is 17.2 Å². The summed E-state index contributed by atoms with van der Waals surface area (Å²) in [6.45, 7) is 0.192. The van der Waals surface area contributed by atoms with E-state index >= 15 is 0 Å². The van der Waals surface area contributed by atoms with Crippen LogP contribution in [0.4, 0.5) is 0 Å². The minimum absolute atomic E-state index is 0.192. The summed E-state index contributed by atoms with van der Waals surface area (Å²) in [5.41, 5.74) is 1.63. The van der Waals surface area contributed by atoms with E-state index in [0.29, 0.717) is 17.7 Å². The average Bonchev–Trinajstić information content (AvgIpc) is 3.04. The molecule has 0 atom stereocenters. The molecule has 6 nitrogen and oxygen atoms in total. The summed E-state index contributed by atoms with van der Waals surface area (Å²) in [7, 11) is 1.61. The first-order valence-electron chi connectivity index (χ1n) is 7.04. The minimum atomic E-state index is 0.192. The molecular weight excluding hydrogens is 294 g/mol. The van der Waals surface area contributed by atoms with Gasteiger partial charge in [0, 0.05) is 0 Å². The van der Waals surface area contributed by atoms with E-state index < -0.39 is 0 Å². The Morgan fingerprint density at radius 1 is 1.04 bits per heavy atom. The van der Waals surface area contributed by atoms with Crippen molar-refractivity contribution in [2.24, 2.45) is 0 Å². The molecule has 3 rings (SSSR count). The Hall–Kier alpha value is -3.15. The van der Waals surface area contributed by atoms with Gasteiger partial charge in [-0.15, -0.1) is 5.10 Å². The van der Waals surface area contributed by atoms with Crippen LogP contribution in [0.5, 0.6) is 11.5 Å². The quantitative estimate of drug-likeness (QED) is 0.655. The molecule has 1 heterocycles. The van der Waals surface area contributed by atoms with E-state index in [2.05, 4.69) is 10.3 Å². The first kappa shape index (κ1) is 14.8. The number of hydrogen-bond donors (Lipinski definition) is 0. The molecule has 0 bridgehead atoms. The molecule has 0 aliphatic heterocycles. The van der Waals surface area contributed by atoms with Crippen LogP contribution in [0.15, 0.2) is 54.6 Å². The molecule has 0 aliphatic rings. The third-order valence-electron chi connectivity index (χ3n) is 3.34. The van der Waals surface area contributed by atoms with Gasteiger partial charge < -0.3 is 9.47 Å². The molecule has 0 saturated carbocycles. The van der Waals surface area contributed by atoms with E-state index in [9.17, 15) is 4.79 Å². The van der Waals surface area contributed by atoms with Gasteiger partial charge in [-0.3, -0.25) is 4.79 Å². The summed E-state index contributed by atoms with van der Waals surface area (Å²) in [5.74, 6) is 1.46. The lowest BCUT2D eigenvalue weighted by Crippen LogP contribution is -2.07. The van der Waals surface area contributed by atoms with Crippen LogP contribution < -0.4 is 9.47 Å². The largest absolute Gasteiger partial charge is 0.497 e. The SMILES string of the molecule is COc1ccc(-n2nnc(C=O)c2COc2ccccc2)cc1. The Balaban J connectivity index is 1.88. The van der Waals surface area contributed by atoms with E-state index in [1.165, 1.54) is 0 Å². The Labute approximate surface area is 133 Å². The summed E-state index contributed by atoms with van der Waals surface area (Å²) in [4.78, 5) is 11.2. The maximum absolute atomic E-state index is 11.2. The zero-order chi connectivity index (χ0) is 16.1. The number of rotatable bonds is 6. The second-order valence-corrected chi connectivity index (χ2v) is 4.75. The number of hydrogen-bond acceptors (Lipinski definition) is 5. The number of carbonyl (C=O) groups excluding carboxylic acids is 1. The van der Waals surface area contributed by atoms with Crippen molar-refractivity contribution in [1.82, 2.24) is 15.0 Å². The van der Waals surface area contributed by atoms with Gasteiger partial charge in [-0.1, -0.05) is 23.4 Å². The van der Waals surface area contributed by atoms with Gasteiger partial charge in [0.05, 0.1) is 12.8 Å². The standard InChI is InChI=1S/C17H15N3O3/c1-22-14-9-7-13(8-10-14)20-17(16(11-21)18-19-20)12-23-15-5-3-2-4-6-15/h2-11H,12H2,1H3. The molecule has 0 amide bonds. The van der Waals surface area contributed by atoms with Gasteiger partial charge in [-0.05, 0) is 36.4 Å². The van der Waals surface area contributed by atoms with Crippen molar-refractivity contribution in [2.75, 3.05) is 7.11 Å². The highest BCUT2D eigenvalue weighted by molar-refractivity contribution is 5.73. The van der Waals surface area contributed by atoms with Gasteiger partial charge in [0.15, 0.2) is 12.0 Å². The topological polar surface area (TPSA) is 66.2 Å². The number of aldehydes is 1. The molecule has 6 heteroatoms. The van der Waals surface area contributed by atoms with Crippen LogP contribution in [0.1, 0.15) is 16.2 Å². The number of aromatic nitrogens is 3. The first-order valence-corrected chi connectivity index (χ1v) is 7.04. The van der Waals surface area contributed by atoms with Crippen molar-refractivity contribution in [3.05, 3.63) is 66.0 Å². The molecule has 0 aliphatic carbocycles. The number of benzene rings is 2. The molecule has 1 aromatic heterocycles. The molecule has 0 spiro atoms. The number of para-hydroxylation sites is 1. The van der Waals surface area contributed by atoms with E-state index in [1.54, 1.807) is 11.8 Å². The van der Waals surface area contributed by atoms with E-state index in [0.717, 1.165) is 11.4 Å². The molecule has 3 aromatic rings. The summed E-state index contributed by atoms with van der Waals surface area (Å²) in [6, 6.07) is 16.7. The van der Waals surface area contributed by atoms with Gasteiger partial charge in [-0.2, -0.15) is 0 Å².